The highest BCUT2D eigenvalue weighted by Gasteiger charge is 2.23. The molecular weight excluding hydrogens is 757 g/mol. The van der Waals surface area contributed by atoms with Crippen molar-refractivity contribution in [2.24, 2.45) is 0 Å². The SMILES string of the molecule is c1ccc(-c2ccc(-c3nc(-c4ccc5c(ccc6ccccc65)c4)nc(-c4ccc(-n5c6ccccc6c6cc7ccccc7cc65)c5oc6ccccc6c45)n3)cc2)cc1. The van der Waals surface area contributed by atoms with Crippen LogP contribution in [0.5, 0.6) is 0 Å². The summed E-state index contributed by atoms with van der Waals surface area (Å²) in [7, 11) is 0. The van der Waals surface area contributed by atoms with Crippen LogP contribution in [0.3, 0.4) is 0 Å². The molecule has 0 N–H and O–H groups in total. The molecule has 0 amide bonds. The molecule has 0 bridgehead atoms. The van der Waals surface area contributed by atoms with Gasteiger partial charge < -0.3 is 8.98 Å². The topological polar surface area (TPSA) is 56.7 Å². The van der Waals surface area contributed by atoms with Crippen LogP contribution in [0.25, 0.3) is 127 Å². The van der Waals surface area contributed by atoms with Gasteiger partial charge in [-0.25, -0.2) is 15.0 Å². The zero-order valence-corrected chi connectivity index (χ0v) is 33.3. The van der Waals surface area contributed by atoms with Crippen LogP contribution in [0.1, 0.15) is 0 Å². The number of aromatic nitrogens is 4. The number of rotatable bonds is 5. The van der Waals surface area contributed by atoms with Gasteiger partial charge in [-0.15, -0.1) is 0 Å². The molecule has 13 aromatic rings. The second-order valence-electron chi connectivity index (χ2n) is 16.0. The molecule has 62 heavy (non-hydrogen) atoms. The van der Waals surface area contributed by atoms with Gasteiger partial charge in [-0.1, -0.05) is 164 Å². The highest BCUT2D eigenvalue weighted by Crippen LogP contribution is 2.43. The number of fused-ring (bicyclic) bond motifs is 10. The number of para-hydroxylation sites is 2. The standard InChI is InChI=1S/C57H34N4O/c1-2-12-35(13-3-1)36-22-25-38(26-23-36)55-58-56(42-28-29-44-41(32-42)27-24-37-14-6-7-17-43(37)44)60-57(59-55)47-30-31-50(54-53(47)46-19-9-11-21-52(46)62-54)61-49-20-10-8-18-45(49)48-33-39-15-4-5-16-40(39)34-51(48)61/h1-34H. The van der Waals surface area contributed by atoms with E-state index >= 15 is 0 Å². The average molecular weight is 791 g/mol. The minimum absolute atomic E-state index is 0.576. The van der Waals surface area contributed by atoms with Gasteiger partial charge in [0, 0.05) is 38.2 Å². The van der Waals surface area contributed by atoms with Crippen molar-refractivity contribution in [1.29, 1.82) is 0 Å². The summed E-state index contributed by atoms with van der Waals surface area (Å²) in [6, 6.07) is 72.7. The van der Waals surface area contributed by atoms with Crippen LogP contribution in [0.2, 0.25) is 0 Å². The van der Waals surface area contributed by atoms with Crippen LogP contribution in [0.4, 0.5) is 0 Å². The Labute approximate surface area is 355 Å². The first-order valence-corrected chi connectivity index (χ1v) is 20.9. The predicted molar refractivity (Wildman–Crippen MR) is 256 cm³/mol. The van der Waals surface area contributed by atoms with Gasteiger partial charge in [-0.3, -0.25) is 0 Å². The Kier molecular flexibility index (Phi) is 7.54. The molecule has 13 rings (SSSR count). The lowest BCUT2D eigenvalue weighted by Crippen LogP contribution is -2.01. The van der Waals surface area contributed by atoms with Crippen LogP contribution < -0.4 is 0 Å². The predicted octanol–water partition coefficient (Wildman–Crippen LogP) is 15.0. The van der Waals surface area contributed by atoms with Gasteiger partial charge in [0.25, 0.3) is 0 Å². The fourth-order valence-corrected chi connectivity index (χ4v) is 9.44. The van der Waals surface area contributed by atoms with Crippen molar-refractivity contribution in [2.75, 3.05) is 0 Å². The monoisotopic (exact) mass is 790 g/mol. The third kappa shape index (κ3) is 5.38. The van der Waals surface area contributed by atoms with E-state index in [1.54, 1.807) is 0 Å². The smallest absolute Gasteiger partial charge is 0.164 e. The number of hydrogen-bond donors (Lipinski definition) is 0. The third-order valence-electron chi connectivity index (χ3n) is 12.4. The maximum Gasteiger partial charge on any atom is 0.164 e. The molecule has 288 valence electrons. The number of nitrogens with zero attached hydrogens (tertiary/aromatic N) is 4. The molecule has 0 atom stereocenters. The Morgan fingerprint density at radius 3 is 1.77 bits per heavy atom. The zero-order chi connectivity index (χ0) is 40.7. The van der Waals surface area contributed by atoms with Gasteiger partial charge in [0.1, 0.15) is 5.58 Å². The molecule has 0 aliphatic heterocycles. The highest BCUT2D eigenvalue weighted by molar-refractivity contribution is 6.18. The minimum Gasteiger partial charge on any atom is -0.454 e. The zero-order valence-electron chi connectivity index (χ0n) is 33.3. The lowest BCUT2D eigenvalue weighted by Gasteiger charge is -2.13. The normalized spacial score (nSPS) is 11.9. The van der Waals surface area contributed by atoms with Gasteiger partial charge in [-0.2, -0.15) is 0 Å². The third-order valence-corrected chi connectivity index (χ3v) is 12.4. The summed E-state index contributed by atoms with van der Waals surface area (Å²) >= 11 is 0. The van der Waals surface area contributed by atoms with E-state index in [4.69, 9.17) is 19.4 Å². The lowest BCUT2D eigenvalue weighted by atomic mass is 10.00. The van der Waals surface area contributed by atoms with Crippen LogP contribution in [0.15, 0.2) is 211 Å². The second-order valence-corrected chi connectivity index (χ2v) is 16.0. The maximum absolute atomic E-state index is 6.93. The number of hydrogen-bond acceptors (Lipinski definition) is 4. The van der Waals surface area contributed by atoms with Crippen LogP contribution in [0, 0.1) is 0 Å². The molecule has 3 heterocycles. The summed E-state index contributed by atoms with van der Waals surface area (Å²) in [5, 5.41) is 11.5. The van der Waals surface area contributed by atoms with Crippen molar-refractivity contribution in [3.63, 3.8) is 0 Å². The van der Waals surface area contributed by atoms with Crippen molar-refractivity contribution in [3.8, 4) is 51.0 Å². The molecule has 0 aliphatic carbocycles. The highest BCUT2D eigenvalue weighted by atomic mass is 16.3. The molecule has 0 saturated carbocycles. The van der Waals surface area contributed by atoms with E-state index in [1.807, 2.05) is 18.2 Å². The van der Waals surface area contributed by atoms with Gasteiger partial charge in [-0.05, 0) is 85.9 Å². The van der Waals surface area contributed by atoms with Gasteiger partial charge >= 0.3 is 0 Å². The van der Waals surface area contributed by atoms with Crippen molar-refractivity contribution >= 4 is 76.1 Å². The summed E-state index contributed by atoms with van der Waals surface area (Å²) < 4.78 is 9.28. The Morgan fingerprint density at radius 1 is 0.339 bits per heavy atom. The quantitative estimate of drug-likeness (QED) is 0.163. The first kappa shape index (κ1) is 34.5. The molecule has 5 heteroatoms. The molecule has 0 fully saturated rings. The molecule has 0 aliphatic rings. The lowest BCUT2D eigenvalue weighted by molar-refractivity contribution is 0.666. The fraction of sp³-hybridized carbons (Fsp3) is 0. The summed E-state index contributed by atoms with van der Waals surface area (Å²) in [5.74, 6) is 1.78. The van der Waals surface area contributed by atoms with E-state index in [1.165, 1.54) is 37.7 Å². The molecule has 0 unspecified atom stereocenters. The van der Waals surface area contributed by atoms with Crippen molar-refractivity contribution in [3.05, 3.63) is 206 Å². The molecule has 0 radical (unpaired) electrons. The number of benzene rings is 10. The first-order valence-electron chi connectivity index (χ1n) is 20.9. The maximum atomic E-state index is 6.93. The number of furan rings is 1. The Balaban J connectivity index is 1.06. The average Bonchev–Trinajstić information content (AvgIpc) is 3.89. The van der Waals surface area contributed by atoms with E-state index in [-0.39, 0.29) is 0 Å². The van der Waals surface area contributed by atoms with Gasteiger partial charge in [0.05, 0.1) is 16.7 Å². The van der Waals surface area contributed by atoms with Crippen LogP contribution in [-0.2, 0) is 0 Å². The molecule has 0 spiro atoms. The summed E-state index contributed by atoms with van der Waals surface area (Å²) in [6.07, 6.45) is 0. The van der Waals surface area contributed by atoms with Crippen molar-refractivity contribution in [1.82, 2.24) is 19.5 Å². The molecule has 0 saturated heterocycles. The van der Waals surface area contributed by atoms with Gasteiger partial charge in [0.2, 0.25) is 0 Å². The fourth-order valence-electron chi connectivity index (χ4n) is 9.44. The Bertz CT molecular complexity index is 3920. The molecular formula is C57H34N4O. The van der Waals surface area contributed by atoms with E-state index < -0.39 is 0 Å². The van der Waals surface area contributed by atoms with E-state index in [2.05, 4.69) is 193 Å². The molecule has 3 aromatic heterocycles. The second kappa shape index (κ2) is 13.6. The van der Waals surface area contributed by atoms with E-state index in [0.717, 1.165) is 71.9 Å². The summed E-state index contributed by atoms with van der Waals surface area (Å²) in [4.78, 5) is 15.8. The summed E-state index contributed by atoms with van der Waals surface area (Å²) in [5.41, 5.74) is 9.74. The van der Waals surface area contributed by atoms with Crippen molar-refractivity contribution in [2.45, 2.75) is 0 Å². The molecule has 10 aromatic carbocycles. The molecule has 5 nitrogen and oxygen atoms in total. The van der Waals surface area contributed by atoms with E-state index in [9.17, 15) is 0 Å². The minimum atomic E-state index is 0.576. The first-order chi connectivity index (χ1) is 30.7. The largest absolute Gasteiger partial charge is 0.454 e. The van der Waals surface area contributed by atoms with Crippen LogP contribution in [-0.4, -0.2) is 19.5 Å². The Hall–Kier alpha value is -8.41. The van der Waals surface area contributed by atoms with E-state index in [0.29, 0.717) is 17.5 Å². The summed E-state index contributed by atoms with van der Waals surface area (Å²) in [6.45, 7) is 0. The van der Waals surface area contributed by atoms with Crippen molar-refractivity contribution < 1.29 is 4.42 Å². The van der Waals surface area contributed by atoms with Crippen LogP contribution >= 0.6 is 0 Å². The Morgan fingerprint density at radius 2 is 0.935 bits per heavy atom. The van der Waals surface area contributed by atoms with Gasteiger partial charge in [0.15, 0.2) is 23.1 Å².